The van der Waals surface area contributed by atoms with Crippen LogP contribution in [0.4, 0.5) is 0 Å². The highest BCUT2D eigenvalue weighted by Crippen LogP contribution is 2.48. The molecule has 1 heterocycles. The Hall–Kier alpha value is -0.570. The number of likely N-dealkylation sites (tertiary alicyclic amines) is 1. The largest absolute Gasteiger partial charge is 0.386 e. The summed E-state index contributed by atoms with van der Waals surface area (Å²) in [5, 5.41) is 7.56. The summed E-state index contributed by atoms with van der Waals surface area (Å²) in [5.41, 5.74) is 6.24. The van der Waals surface area contributed by atoms with Crippen LogP contribution in [0.25, 0.3) is 0 Å². The van der Waals surface area contributed by atoms with Crippen LogP contribution in [-0.2, 0) is 0 Å². The molecule has 2 fully saturated rings. The van der Waals surface area contributed by atoms with Gasteiger partial charge < -0.3 is 5.73 Å². The summed E-state index contributed by atoms with van der Waals surface area (Å²) < 4.78 is 0. The van der Waals surface area contributed by atoms with Gasteiger partial charge in [-0.1, -0.05) is 13.3 Å². The summed E-state index contributed by atoms with van der Waals surface area (Å²) >= 11 is 0. The second-order valence-electron chi connectivity index (χ2n) is 4.95. The second-order valence-corrected chi connectivity index (χ2v) is 4.95. The molecule has 1 saturated carbocycles. The number of hydrogen-bond acceptors (Lipinski definition) is 2. The standard InChI is InChI=1S/C11H21N3/c1-2-9(10(12)13)14-7-6-11(8-14)4-3-5-11/h9H,2-8H2,1H3,(H3,12,13). The zero-order chi connectivity index (χ0) is 10.2. The molecule has 0 bridgehead atoms. The van der Waals surface area contributed by atoms with Gasteiger partial charge in [-0.15, -0.1) is 0 Å². The first-order chi connectivity index (χ1) is 6.67. The molecular formula is C11H21N3. The number of rotatable bonds is 3. The van der Waals surface area contributed by atoms with E-state index in [0.29, 0.717) is 11.3 Å². The molecule has 1 aliphatic carbocycles. The zero-order valence-electron chi connectivity index (χ0n) is 9.05. The predicted octanol–water partition coefficient (Wildman–Crippen LogP) is 1.58. The van der Waals surface area contributed by atoms with Gasteiger partial charge in [-0.3, -0.25) is 10.3 Å². The van der Waals surface area contributed by atoms with Crippen molar-refractivity contribution < 1.29 is 0 Å². The SMILES string of the molecule is CCC(C(=N)N)N1CCC2(CCC2)C1. The van der Waals surface area contributed by atoms with Crippen molar-refractivity contribution in [3.8, 4) is 0 Å². The van der Waals surface area contributed by atoms with E-state index < -0.39 is 0 Å². The van der Waals surface area contributed by atoms with Gasteiger partial charge in [0.2, 0.25) is 0 Å². The fourth-order valence-electron chi connectivity index (χ4n) is 3.00. The maximum atomic E-state index is 7.56. The molecule has 80 valence electrons. The van der Waals surface area contributed by atoms with Crippen molar-refractivity contribution in [3.63, 3.8) is 0 Å². The van der Waals surface area contributed by atoms with E-state index >= 15 is 0 Å². The van der Waals surface area contributed by atoms with Crippen LogP contribution < -0.4 is 5.73 Å². The summed E-state index contributed by atoms with van der Waals surface area (Å²) in [7, 11) is 0. The lowest BCUT2D eigenvalue weighted by atomic mass is 9.68. The molecule has 0 aromatic heterocycles. The van der Waals surface area contributed by atoms with Gasteiger partial charge in [0.1, 0.15) is 5.84 Å². The first kappa shape index (κ1) is 9.97. The summed E-state index contributed by atoms with van der Waals surface area (Å²) in [6, 6.07) is 0.204. The van der Waals surface area contributed by atoms with Crippen LogP contribution in [0.3, 0.4) is 0 Å². The second kappa shape index (κ2) is 3.54. The Labute approximate surface area is 86.2 Å². The normalized spacial score (nSPS) is 27.5. The van der Waals surface area contributed by atoms with Crippen molar-refractivity contribution in [2.24, 2.45) is 11.1 Å². The molecular weight excluding hydrogens is 174 g/mol. The molecule has 3 heteroatoms. The van der Waals surface area contributed by atoms with E-state index in [1.54, 1.807) is 0 Å². The van der Waals surface area contributed by atoms with Crippen molar-refractivity contribution in [2.75, 3.05) is 13.1 Å². The molecule has 0 radical (unpaired) electrons. The molecule has 0 aromatic carbocycles. The molecule has 14 heavy (non-hydrogen) atoms. The molecule has 1 aliphatic heterocycles. The van der Waals surface area contributed by atoms with Crippen molar-refractivity contribution in [2.45, 2.75) is 45.1 Å². The van der Waals surface area contributed by atoms with Crippen LogP contribution in [0, 0.1) is 10.8 Å². The Kier molecular flexibility index (Phi) is 2.52. The Bertz CT molecular complexity index is 233. The van der Waals surface area contributed by atoms with Gasteiger partial charge >= 0.3 is 0 Å². The summed E-state index contributed by atoms with van der Waals surface area (Å²) in [5.74, 6) is 0.351. The minimum absolute atomic E-state index is 0.204. The number of nitrogens with two attached hydrogens (primary N) is 1. The van der Waals surface area contributed by atoms with E-state index in [1.807, 2.05) is 0 Å². The predicted molar refractivity (Wildman–Crippen MR) is 58.5 cm³/mol. The lowest BCUT2D eigenvalue weighted by Crippen LogP contribution is -2.44. The molecule has 0 aromatic rings. The van der Waals surface area contributed by atoms with Crippen LogP contribution in [0.2, 0.25) is 0 Å². The number of nitrogens with zero attached hydrogens (tertiary/aromatic N) is 1. The fourth-order valence-corrected chi connectivity index (χ4v) is 3.00. The van der Waals surface area contributed by atoms with E-state index in [4.69, 9.17) is 11.1 Å². The van der Waals surface area contributed by atoms with E-state index in [-0.39, 0.29) is 6.04 Å². The minimum atomic E-state index is 0.204. The van der Waals surface area contributed by atoms with E-state index in [2.05, 4.69) is 11.8 Å². The third-order valence-corrected chi connectivity index (χ3v) is 4.07. The van der Waals surface area contributed by atoms with Gasteiger partial charge in [0.15, 0.2) is 0 Å². The summed E-state index contributed by atoms with van der Waals surface area (Å²) in [6.45, 7) is 4.46. The molecule has 2 rings (SSSR count). The van der Waals surface area contributed by atoms with Crippen molar-refractivity contribution in [1.82, 2.24) is 4.90 Å². The van der Waals surface area contributed by atoms with Gasteiger partial charge in [0.25, 0.3) is 0 Å². The Morgan fingerprint density at radius 2 is 2.21 bits per heavy atom. The third kappa shape index (κ3) is 1.54. The molecule has 3 nitrogen and oxygen atoms in total. The lowest BCUT2D eigenvalue weighted by molar-refractivity contribution is 0.133. The van der Waals surface area contributed by atoms with Crippen molar-refractivity contribution >= 4 is 5.84 Å². The maximum Gasteiger partial charge on any atom is 0.108 e. The summed E-state index contributed by atoms with van der Waals surface area (Å²) in [4.78, 5) is 2.42. The highest BCUT2D eigenvalue weighted by Gasteiger charge is 2.44. The molecule has 2 aliphatic rings. The van der Waals surface area contributed by atoms with Gasteiger partial charge in [-0.2, -0.15) is 0 Å². The van der Waals surface area contributed by atoms with Crippen LogP contribution in [0.1, 0.15) is 39.0 Å². The van der Waals surface area contributed by atoms with Gasteiger partial charge in [0, 0.05) is 6.54 Å². The van der Waals surface area contributed by atoms with E-state index in [9.17, 15) is 0 Å². The van der Waals surface area contributed by atoms with Crippen LogP contribution >= 0.6 is 0 Å². The van der Waals surface area contributed by atoms with Gasteiger partial charge in [-0.05, 0) is 37.6 Å². The third-order valence-electron chi connectivity index (χ3n) is 4.07. The molecule has 1 atom stereocenters. The molecule has 1 saturated heterocycles. The van der Waals surface area contributed by atoms with E-state index in [0.717, 1.165) is 13.0 Å². The summed E-state index contributed by atoms with van der Waals surface area (Å²) in [6.07, 6.45) is 6.52. The zero-order valence-corrected chi connectivity index (χ0v) is 9.05. The van der Waals surface area contributed by atoms with Crippen LogP contribution in [0.5, 0.6) is 0 Å². The average Bonchev–Trinajstić information content (AvgIpc) is 2.49. The number of hydrogen-bond donors (Lipinski definition) is 2. The fraction of sp³-hybridized carbons (Fsp3) is 0.909. The molecule has 0 amide bonds. The van der Waals surface area contributed by atoms with E-state index in [1.165, 1.54) is 32.2 Å². The first-order valence-electron chi connectivity index (χ1n) is 5.75. The highest BCUT2D eigenvalue weighted by atomic mass is 15.2. The monoisotopic (exact) mass is 195 g/mol. The topological polar surface area (TPSA) is 53.1 Å². The average molecular weight is 195 g/mol. The van der Waals surface area contributed by atoms with Crippen molar-refractivity contribution in [1.29, 1.82) is 5.41 Å². The first-order valence-corrected chi connectivity index (χ1v) is 5.75. The minimum Gasteiger partial charge on any atom is -0.386 e. The Morgan fingerprint density at radius 1 is 1.50 bits per heavy atom. The number of amidine groups is 1. The van der Waals surface area contributed by atoms with Gasteiger partial charge in [0.05, 0.1) is 6.04 Å². The smallest absolute Gasteiger partial charge is 0.108 e. The number of nitrogens with one attached hydrogen (secondary N) is 1. The Balaban J connectivity index is 1.96. The van der Waals surface area contributed by atoms with Gasteiger partial charge in [-0.25, -0.2) is 0 Å². The van der Waals surface area contributed by atoms with Crippen molar-refractivity contribution in [3.05, 3.63) is 0 Å². The Morgan fingerprint density at radius 3 is 2.57 bits per heavy atom. The van der Waals surface area contributed by atoms with Crippen LogP contribution in [0.15, 0.2) is 0 Å². The lowest BCUT2D eigenvalue weighted by Gasteiger charge is -2.39. The molecule has 1 spiro atoms. The molecule has 1 unspecified atom stereocenters. The molecule has 3 N–H and O–H groups in total. The maximum absolute atomic E-state index is 7.56. The quantitative estimate of drug-likeness (QED) is 0.530. The van der Waals surface area contributed by atoms with Crippen LogP contribution in [-0.4, -0.2) is 29.9 Å². The highest BCUT2D eigenvalue weighted by molar-refractivity contribution is 5.82.